The molecule has 1 aromatic carbocycles. The number of carbonyl (C=O) groups excluding carboxylic acids is 1. The number of methoxy groups -OCH3 is 1. The third kappa shape index (κ3) is 2.86. The lowest BCUT2D eigenvalue weighted by atomic mass is 9.97. The van der Waals surface area contributed by atoms with Gasteiger partial charge in [-0.2, -0.15) is 0 Å². The van der Waals surface area contributed by atoms with Gasteiger partial charge in [-0.15, -0.1) is 0 Å². The van der Waals surface area contributed by atoms with Gasteiger partial charge in [0, 0.05) is 23.9 Å². The predicted molar refractivity (Wildman–Crippen MR) is 69.3 cm³/mol. The first-order valence-corrected chi connectivity index (χ1v) is 6.14. The second-order valence-corrected chi connectivity index (χ2v) is 4.13. The van der Waals surface area contributed by atoms with Crippen molar-refractivity contribution in [3.8, 4) is 5.75 Å². The Kier molecular flexibility index (Phi) is 4.04. The van der Waals surface area contributed by atoms with Crippen molar-refractivity contribution in [1.82, 2.24) is 5.32 Å². The fraction of sp³-hybridized carbons (Fsp3) is 0.357. The van der Waals surface area contributed by atoms with Crippen LogP contribution in [0.25, 0.3) is 5.70 Å². The standard InChI is InChI=1S/C14H16FNO3/c1-3-19-14(17)8-12-10-7-11(15)13(18-2)6-9(10)4-5-16-12/h6-8,16H,3-5H2,1-2H3. The Bertz CT molecular complexity index is 526. The lowest BCUT2D eigenvalue weighted by Crippen LogP contribution is -2.24. The van der Waals surface area contributed by atoms with Crippen molar-refractivity contribution in [3.63, 3.8) is 0 Å². The summed E-state index contributed by atoms with van der Waals surface area (Å²) < 4.78 is 23.6. The Morgan fingerprint density at radius 1 is 1.53 bits per heavy atom. The Balaban J connectivity index is 2.39. The third-order valence-corrected chi connectivity index (χ3v) is 2.93. The molecule has 0 amide bonds. The van der Waals surface area contributed by atoms with Gasteiger partial charge in [-0.3, -0.25) is 0 Å². The molecule has 0 aliphatic carbocycles. The average molecular weight is 265 g/mol. The summed E-state index contributed by atoms with van der Waals surface area (Å²) in [6, 6.07) is 3.05. The largest absolute Gasteiger partial charge is 0.494 e. The van der Waals surface area contributed by atoms with Gasteiger partial charge in [0.2, 0.25) is 0 Å². The first kappa shape index (κ1) is 13.4. The SMILES string of the molecule is CCOC(=O)C=C1NCCc2cc(OC)c(F)cc21. The van der Waals surface area contributed by atoms with Gasteiger partial charge in [0.15, 0.2) is 11.6 Å². The topological polar surface area (TPSA) is 47.6 Å². The Morgan fingerprint density at radius 3 is 3.00 bits per heavy atom. The van der Waals surface area contributed by atoms with Crippen molar-refractivity contribution in [3.05, 3.63) is 35.2 Å². The van der Waals surface area contributed by atoms with Crippen molar-refractivity contribution in [2.75, 3.05) is 20.3 Å². The molecule has 0 radical (unpaired) electrons. The van der Waals surface area contributed by atoms with E-state index in [1.54, 1.807) is 13.0 Å². The molecule has 0 bridgehead atoms. The molecule has 5 heteroatoms. The number of halogens is 1. The van der Waals surface area contributed by atoms with Crippen LogP contribution in [-0.2, 0) is 16.0 Å². The Hall–Kier alpha value is -2.04. The van der Waals surface area contributed by atoms with Gasteiger partial charge < -0.3 is 14.8 Å². The van der Waals surface area contributed by atoms with Crippen molar-refractivity contribution >= 4 is 11.7 Å². The highest BCUT2D eigenvalue weighted by atomic mass is 19.1. The maximum absolute atomic E-state index is 13.7. The summed E-state index contributed by atoms with van der Waals surface area (Å²) in [5, 5.41) is 3.08. The van der Waals surface area contributed by atoms with Gasteiger partial charge in [0.1, 0.15) is 0 Å². The molecule has 19 heavy (non-hydrogen) atoms. The average Bonchev–Trinajstić information content (AvgIpc) is 2.39. The number of hydrogen-bond donors (Lipinski definition) is 1. The molecule has 1 aliphatic heterocycles. The number of nitrogens with one attached hydrogen (secondary N) is 1. The zero-order chi connectivity index (χ0) is 13.8. The van der Waals surface area contributed by atoms with E-state index in [2.05, 4.69) is 5.32 Å². The summed E-state index contributed by atoms with van der Waals surface area (Å²) in [4.78, 5) is 11.5. The molecule has 0 aromatic heterocycles. The van der Waals surface area contributed by atoms with Crippen molar-refractivity contribution in [1.29, 1.82) is 0 Å². The van der Waals surface area contributed by atoms with Crippen LogP contribution < -0.4 is 10.1 Å². The Labute approximate surface area is 111 Å². The molecule has 0 saturated carbocycles. The summed E-state index contributed by atoms with van der Waals surface area (Å²) in [5.41, 5.74) is 2.21. The normalized spacial score (nSPS) is 15.6. The zero-order valence-corrected chi connectivity index (χ0v) is 11.0. The van der Waals surface area contributed by atoms with Gasteiger partial charge >= 0.3 is 5.97 Å². The van der Waals surface area contributed by atoms with Crippen molar-refractivity contribution in [2.45, 2.75) is 13.3 Å². The van der Waals surface area contributed by atoms with Gasteiger partial charge in [0.05, 0.1) is 13.7 Å². The fourth-order valence-electron chi connectivity index (χ4n) is 2.07. The summed E-state index contributed by atoms with van der Waals surface area (Å²) >= 11 is 0. The molecule has 0 spiro atoms. The summed E-state index contributed by atoms with van der Waals surface area (Å²) in [6.07, 6.45) is 2.11. The van der Waals surface area contributed by atoms with Crippen LogP contribution in [0.15, 0.2) is 18.2 Å². The Morgan fingerprint density at radius 2 is 2.32 bits per heavy atom. The first-order valence-electron chi connectivity index (χ1n) is 6.14. The van der Waals surface area contributed by atoms with Crippen LogP contribution in [0.5, 0.6) is 5.75 Å². The maximum Gasteiger partial charge on any atom is 0.332 e. The molecule has 1 heterocycles. The molecule has 4 nitrogen and oxygen atoms in total. The number of fused-ring (bicyclic) bond motifs is 1. The van der Waals surface area contributed by atoms with Crippen LogP contribution in [0, 0.1) is 5.82 Å². The maximum atomic E-state index is 13.7. The van der Waals surface area contributed by atoms with Crippen LogP contribution in [-0.4, -0.2) is 26.2 Å². The predicted octanol–water partition coefficient (Wildman–Crippen LogP) is 1.88. The van der Waals surface area contributed by atoms with E-state index in [1.807, 2.05) is 0 Å². The molecular formula is C14H16FNO3. The number of benzene rings is 1. The second kappa shape index (κ2) is 5.73. The molecule has 0 fully saturated rings. The highest BCUT2D eigenvalue weighted by molar-refractivity contribution is 5.91. The minimum Gasteiger partial charge on any atom is -0.494 e. The smallest absolute Gasteiger partial charge is 0.332 e. The van der Waals surface area contributed by atoms with Crippen LogP contribution in [0.1, 0.15) is 18.1 Å². The zero-order valence-electron chi connectivity index (χ0n) is 11.0. The van der Waals surface area contributed by atoms with Gasteiger partial charge in [-0.25, -0.2) is 9.18 Å². The molecule has 2 rings (SSSR count). The lowest BCUT2D eigenvalue weighted by Gasteiger charge is -2.21. The highest BCUT2D eigenvalue weighted by Crippen LogP contribution is 2.28. The van der Waals surface area contributed by atoms with E-state index in [4.69, 9.17) is 9.47 Å². The number of rotatable bonds is 3. The third-order valence-electron chi connectivity index (χ3n) is 2.93. The van der Waals surface area contributed by atoms with E-state index in [-0.39, 0.29) is 5.75 Å². The van der Waals surface area contributed by atoms with E-state index in [0.29, 0.717) is 24.4 Å². The second-order valence-electron chi connectivity index (χ2n) is 4.13. The molecule has 0 atom stereocenters. The molecular weight excluding hydrogens is 249 g/mol. The van der Waals surface area contributed by atoms with Gasteiger partial charge in [-0.1, -0.05) is 0 Å². The molecule has 0 unspecified atom stereocenters. The summed E-state index contributed by atoms with van der Waals surface area (Å²) in [6.45, 7) is 2.74. The monoisotopic (exact) mass is 265 g/mol. The van der Waals surface area contributed by atoms with E-state index in [1.165, 1.54) is 19.3 Å². The molecule has 1 aromatic rings. The number of hydrogen-bond acceptors (Lipinski definition) is 4. The van der Waals surface area contributed by atoms with Crippen LogP contribution in [0.4, 0.5) is 4.39 Å². The number of ether oxygens (including phenoxy) is 2. The van der Waals surface area contributed by atoms with Crippen LogP contribution in [0.3, 0.4) is 0 Å². The van der Waals surface area contributed by atoms with Crippen molar-refractivity contribution < 1.29 is 18.7 Å². The molecule has 1 aliphatic rings. The minimum absolute atomic E-state index is 0.219. The van der Waals surface area contributed by atoms with E-state index < -0.39 is 11.8 Å². The fourth-order valence-corrected chi connectivity index (χ4v) is 2.07. The van der Waals surface area contributed by atoms with Gasteiger partial charge in [0.25, 0.3) is 0 Å². The quantitative estimate of drug-likeness (QED) is 0.669. The summed E-state index contributed by atoms with van der Waals surface area (Å²) in [5.74, 6) is -0.662. The lowest BCUT2D eigenvalue weighted by molar-refractivity contribution is -0.137. The first-order chi connectivity index (χ1) is 9.15. The van der Waals surface area contributed by atoms with Crippen molar-refractivity contribution in [2.24, 2.45) is 0 Å². The minimum atomic E-state index is -0.445. The number of carbonyl (C=O) groups is 1. The van der Waals surface area contributed by atoms with Crippen LogP contribution in [0.2, 0.25) is 0 Å². The highest BCUT2D eigenvalue weighted by Gasteiger charge is 2.18. The summed E-state index contributed by atoms with van der Waals surface area (Å²) in [7, 11) is 1.43. The molecule has 102 valence electrons. The van der Waals surface area contributed by atoms with Gasteiger partial charge in [-0.05, 0) is 31.0 Å². The van der Waals surface area contributed by atoms with E-state index in [9.17, 15) is 9.18 Å². The van der Waals surface area contributed by atoms with E-state index >= 15 is 0 Å². The number of esters is 1. The molecule has 0 saturated heterocycles. The van der Waals surface area contributed by atoms with E-state index in [0.717, 1.165) is 12.0 Å². The molecule has 1 N–H and O–H groups in total. The van der Waals surface area contributed by atoms with Crippen LogP contribution >= 0.6 is 0 Å².